The second kappa shape index (κ2) is 10.3. The summed E-state index contributed by atoms with van der Waals surface area (Å²) in [5.74, 6) is 1.47. The van der Waals surface area contributed by atoms with Crippen LogP contribution >= 0.6 is 0 Å². The molecule has 0 spiro atoms. The minimum atomic E-state index is 0.0382. The number of carbonyl (C=O) groups excluding carboxylic acids is 1. The second-order valence-corrected chi connectivity index (χ2v) is 5.66. The van der Waals surface area contributed by atoms with Crippen molar-refractivity contribution in [2.45, 2.75) is 72.1 Å². The molecular weight excluding hydrogens is 262 g/mol. The summed E-state index contributed by atoms with van der Waals surface area (Å²) < 4.78 is 0. The molecule has 21 heavy (non-hydrogen) atoms. The monoisotopic (exact) mass is 291 g/mol. The molecular formula is C17H29N3O. The number of hydrogen-bond acceptors (Lipinski definition) is 3. The Morgan fingerprint density at radius 3 is 2.62 bits per heavy atom. The first-order valence-electron chi connectivity index (χ1n) is 8.30. The molecule has 0 saturated carbocycles. The molecule has 0 aromatic carbocycles. The fraction of sp³-hybridized carbons (Fsp3) is 0.706. The number of nitrogens with one attached hydrogen (secondary N) is 1. The summed E-state index contributed by atoms with van der Waals surface area (Å²) in [5, 5.41) is 2.89. The lowest BCUT2D eigenvalue weighted by molar-refractivity contribution is -0.119. The molecule has 0 saturated heterocycles. The molecule has 4 nitrogen and oxygen atoms in total. The number of hydrogen-bond donors (Lipinski definition) is 1. The number of amides is 1. The first-order chi connectivity index (χ1) is 10.2. The quantitative estimate of drug-likeness (QED) is 0.651. The average Bonchev–Trinajstić information content (AvgIpc) is 2.50. The van der Waals surface area contributed by atoms with Crippen molar-refractivity contribution in [3.63, 3.8) is 0 Å². The Bertz CT molecular complexity index is 420. The third-order valence-electron chi connectivity index (χ3n) is 3.71. The van der Waals surface area contributed by atoms with Gasteiger partial charge in [0.15, 0.2) is 0 Å². The van der Waals surface area contributed by atoms with E-state index in [0.717, 1.165) is 25.1 Å². The number of rotatable bonds is 10. The van der Waals surface area contributed by atoms with Crippen LogP contribution in [0.2, 0.25) is 0 Å². The fourth-order valence-corrected chi connectivity index (χ4v) is 2.25. The molecule has 0 fully saturated rings. The van der Waals surface area contributed by atoms with E-state index >= 15 is 0 Å². The molecule has 1 aromatic rings. The number of aromatic nitrogens is 2. The van der Waals surface area contributed by atoms with Gasteiger partial charge in [0.25, 0.3) is 0 Å². The highest BCUT2D eigenvalue weighted by Gasteiger charge is 2.13. The Labute approximate surface area is 128 Å². The Balaban J connectivity index is 2.27. The van der Waals surface area contributed by atoms with E-state index in [0.29, 0.717) is 5.82 Å². The zero-order valence-corrected chi connectivity index (χ0v) is 13.7. The first kappa shape index (κ1) is 17.6. The van der Waals surface area contributed by atoms with Crippen molar-refractivity contribution in [3.8, 4) is 0 Å². The fourth-order valence-electron chi connectivity index (χ4n) is 2.25. The minimum absolute atomic E-state index is 0.0382. The lowest BCUT2D eigenvalue weighted by atomic mass is 10.0. The summed E-state index contributed by atoms with van der Waals surface area (Å²) in [7, 11) is 0. The standard InChI is InChI=1S/C17H29N3O/c1-4-6-7-8-9-10-11-14(3)17(21)20-16-12-13-18-15(5-2)19-16/h12-14H,4-11H2,1-3H3,(H,18,19,20,21). The molecule has 118 valence electrons. The van der Waals surface area contributed by atoms with E-state index in [9.17, 15) is 4.79 Å². The van der Waals surface area contributed by atoms with Crippen molar-refractivity contribution in [3.05, 3.63) is 18.1 Å². The van der Waals surface area contributed by atoms with Crippen molar-refractivity contribution in [1.29, 1.82) is 0 Å². The summed E-state index contributed by atoms with van der Waals surface area (Å²) in [5.41, 5.74) is 0. The molecule has 1 rings (SSSR count). The Hall–Kier alpha value is -1.45. The van der Waals surface area contributed by atoms with Gasteiger partial charge in [0.2, 0.25) is 5.91 Å². The van der Waals surface area contributed by atoms with Crippen LogP contribution in [0.1, 0.15) is 71.5 Å². The molecule has 1 heterocycles. The lowest BCUT2D eigenvalue weighted by Gasteiger charge is -2.12. The van der Waals surface area contributed by atoms with Crippen LogP contribution in [0.15, 0.2) is 12.3 Å². The van der Waals surface area contributed by atoms with Crippen molar-refractivity contribution in [1.82, 2.24) is 9.97 Å². The molecule has 0 aliphatic rings. The maximum absolute atomic E-state index is 12.1. The van der Waals surface area contributed by atoms with Crippen LogP contribution in [0, 0.1) is 5.92 Å². The minimum Gasteiger partial charge on any atom is -0.310 e. The lowest BCUT2D eigenvalue weighted by Crippen LogP contribution is -2.21. The molecule has 1 aromatic heterocycles. The topological polar surface area (TPSA) is 54.9 Å². The van der Waals surface area contributed by atoms with Gasteiger partial charge in [0.1, 0.15) is 11.6 Å². The SMILES string of the molecule is CCCCCCCCC(C)C(=O)Nc1ccnc(CC)n1. The predicted molar refractivity (Wildman–Crippen MR) is 87.2 cm³/mol. The normalized spacial score (nSPS) is 12.1. The summed E-state index contributed by atoms with van der Waals surface area (Å²) in [4.78, 5) is 20.5. The van der Waals surface area contributed by atoms with E-state index in [1.807, 2.05) is 13.8 Å². The van der Waals surface area contributed by atoms with Crippen LogP contribution in [0.3, 0.4) is 0 Å². The van der Waals surface area contributed by atoms with E-state index < -0.39 is 0 Å². The maximum atomic E-state index is 12.1. The molecule has 4 heteroatoms. The van der Waals surface area contributed by atoms with Gasteiger partial charge in [-0.05, 0) is 12.5 Å². The van der Waals surface area contributed by atoms with Crippen LogP contribution in [-0.4, -0.2) is 15.9 Å². The Morgan fingerprint density at radius 2 is 1.90 bits per heavy atom. The molecule has 1 N–H and O–H groups in total. The number of carbonyl (C=O) groups is 1. The van der Waals surface area contributed by atoms with E-state index in [1.165, 1.54) is 32.1 Å². The largest absolute Gasteiger partial charge is 0.310 e. The third kappa shape index (κ3) is 7.21. The zero-order chi connectivity index (χ0) is 15.5. The van der Waals surface area contributed by atoms with Crippen molar-refractivity contribution in [2.75, 3.05) is 5.32 Å². The number of unbranched alkanes of at least 4 members (excludes halogenated alkanes) is 5. The highest BCUT2D eigenvalue weighted by Crippen LogP contribution is 2.14. The van der Waals surface area contributed by atoms with Gasteiger partial charge in [-0.2, -0.15) is 0 Å². The first-order valence-corrected chi connectivity index (χ1v) is 8.30. The molecule has 1 amide bonds. The molecule has 0 bridgehead atoms. The number of nitrogens with zero attached hydrogens (tertiary/aromatic N) is 2. The average molecular weight is 291 g/mol. The third-order valence-corrected chi connectivity index (χ3v) is 3.71. The van der Waals surface area contributed by atoms with Crippen LogP contribution in [0.5, 0.6) is 0 Å². The summed E-state index contributed by atoms with van der Waals surface area (Å²) in [6, 6.07) is 1.74. The van der Waals surface area contributed by atoms with Crippen LogP contribution < -0.4 is 5.32 Å². The maximum Gasteiger partial charge on any atom is 0.228 e. The van der Waals surface area contributed by atoms with Gasteiger partial charge >= 0.3 is 0 Å². The van der Waals surface area contributed by atoms with Crippen molar-refractivity contribution in [2.24, 2.45) is 5.92 Å². The van der Waals surface area contributed by atoms with E-state index in [-0.39, 0.29) is 11.8 Å². The molecule has 0 aliphatic heterocycles. The van der Waals surface area contributed by atoms with Gasteiger partial charge in [-0.1, -0.05) is 59.3 Å². The van der Waals surface area contributed by atoms with Crippen molar-refractivity contribution < 1.29 is 4.79 Å². The van der Waals surface area contributed by atoms with Crippen LogP contribution in [-0.2, 0) is 11.2 Å². The van der Waals surface area contributed by atoms with Crippen molar-refractivity contribution >= 4 is 11.7 Å². The van der Waals surface area contributed by atoms with Gasteiger partial charge in [0.05, 0.1) is 0 Å². The smallest absolute Gasteiger partial charge is 0.228 e. The van der Waals surface area contributed by atoms with Gasteiger partial charge in [-0.15, -0.1) is 0 Å². The molecule has 0 aliphatic carbocycles. The summed E-state index contributed by atoms with van der Waals surface area (Å²) >= 11 is 0. The highest BCUT2D eigenvalue weighted by molar-refractivity contribution is 5.91. The Morgan fingerprint density at radius 1 is 1.19 bits per heavy atom. The molecule has 1 unspecified atom stereocenters. The van der Waals surface area contributed by atoms with Gasteiger partial charge in [-0.25, -0.2) is 9.97 Å². The van der Waals surface area contributed by atoms with E-state index in [2.05, 4.69) is 22.2 Å². The van der Waals surface area contributed by atoms with Gasteiger partial charge < -0.3 is 5.32 Å². The Kier molecular flexibility index (Phi) is 8.63. The van der Waals surface area contributed by atoms with Gasteiger partial charge in [0, 0.05) is 18.5 Å². The summed E-state index contributed by atoms with van der Waals surface area (Å²) in [6.07, 6.45) is 11.0. The van der Waals surface area contributed by atoms with E-state index in [4.69, 9.17) is 0 Å². The number of aryl methyl sites for hydroxylation is 1. The molecule has 1 atom stereocenters. The molecule has 0 radical (unpaired) electrons. The summed E-state index contributed by atoms with van der Waals surface area (Å²) in [6.45, 7) is 6.22. The van der Waals surface area contributed by atoms with Gasteiger partial charge in [-0.3, -0.25) is 4.79 Å². The van der Waals surface area contributed by atoms with E-state index in [1.54, 1.807) is 12.3 Å². The highest BCUT2D eigenvalue weighted by atomic mass is 16.1. The zero-order valence-electron chi connectivity index (χ0n) is 13.7. The predicted octanol–water partition coefficient (Wildman–Crippen LogP) is 4.36. The van der Waals surface area contributed by atoms with Crippen LogP contribution in [0.25, 0.3) is 0 Å². The number of anilines is 1. The van der Waals surface area contributed by atoms with Crippen LogP contribution in [0.4, 0.5) is 5.82 Å². The second-order valence-electron chi connectivity index (χ2n) is 5.66.